The van der Waals surface area contributed by atoms with Crippen LogP contribution in [0.25, 0.3) is 33.3 Å². The Bertz CT molecular complexity index is 1490. The Balaban J connectivity index is 1.54. The van der Waals surface area contributed by atoms with Crippen molar-refractivity contribution in [3.05, 3.63) is 86.8 Å². The summed E-state index contributed by atoms with van der Waals surface area (Å²) in [6.07, 6.45) is 1.56. The van der Waals surface area contributed by atoms with Gasteiger partial charge in [-0.05, 0) is 63.8 Å². The maximum Gasteiger partial charge on any atom is 0.227 e. The first-order valence-corrected chi connectivity index (χ1v) is 10.8. The Morgan fingerprint density at radius 1 is 0.968 bits per heavy atom. The summed E-state index contributed by atoms with van der Waals surface area (Å²) >= 11 is 15.7. The van der Waals surface area contributed by atoms with E-state index in [9.17, 15) is 5.11 Å². The van der Waals surface area contributed by atoms with Gasteiger partial charge in [0.2, 0.25) is 5.89 Å². The lowest BCUT2D eigenvalue weighted by Crippen LogP contribution is -1.84. The summed E-state index contributed by atoms with van der Waals surface area (Å²) in [5, 5.41) is 13.3. The molecule has 31 heavy (non-hydrogen) atoms. The van der Waals surface area contributed by atoms with Crippen LogP contribution >= 0.6 is 39.1 Å². The van der Waals surface area contributed by atoms with Crippen LogP contribution in [-0.4, -0.2) is 16.3 Å². The number of hydrogen-bond acceptors (Lipinski definition) is 4. The van der Waals surface area contributed by atoms with Crippen LogP contribution in [0.1, 0.15) is 5.56 Å². The van der Waals surface area contributed by atoms with Crippen molar-refractivity contribution in [3.63, 3.8) is 0 Å². The van der Waals surface area contributed by atoms with Gasteiger partial charge in [0.1, 0.15) is 11.3 Å². The summed E-state index contributed by atoms with van der Waals surface area (Å²) in [4.78, 5) is 9.11. The number of aromatic hydroxyl groups is 1. The van der Waals surface area contributed by atoms with E-state index in [0.717, 1.165) is 16.3 Å². The van der Waals surface area contributed by atoms with Gasteiger partial charge in [-0.2, -0.15) is 0 Å². The molecular formula is C24H13BrCl2N2O2. The number of benzene rings is 4. The van der Waals surface area contributed by atoms with Crippen LogP contribution < -0.4 is 0 Å². The highest BCUT2D eigenvalue weighted by Crippen LogP contribution is 2.34. The molecular weight excluding hydrogens is 499 g/mol. The van der Waals surface area contributed by atoms with Crippen molar-refractivity contribution in [3.8, 4) is 17.2 Å². The average molecular weight is 512 g/mol. The second-order valence-corrected chi connectivity index (χ2v) is 8.59. The molecule has 0 radical (unpaired) electrons. The number of aliphatic imine (C=N–C) groups is 1. The van der Waals surface area contributed by atoms with E-state index in [2.05, 4.69) is 25.9 Å². The van der Waals surface area contributed by atoms with Gasteiger partial charge < -0.3 is 9.52 Å². The number of hydrogen-bond donors (Lipinski definition) is 1. The number of aromatic nitrogens is 1. The Morgan fingerprint density at radius 2 is 1.77 bits per heavy atom. The first-order chi connectivity index (χ1) is 15.0. The van der Waals surface area contributed by atoms with Crippen molar-refractivity contribution in [1.82, 2.24) is 4.98 Å². The van der Waals surface area contributed by atoms with E-state index >= 15 is 0 Å². The van der Waals surface area contributed by atoms with Gasteiger partial charge in [-0.3, -0.25) is 4.99 Å². The van der Waals surface area contributed by atoms with Crippen LogP contribution in [0.5, 0.6) is 5.75 Å². The molecule has 0 bridgehead atoms. The van der Waals surface area contributed by atoms with Crippen molar-refractivity contribution in [1.29, 1.82) is 0 Å². The molecule has 4 aromatic carbocycles. The molecule has 0 atom stereocenters. The minimum absolute atomic E-state index is 0.0765. The SMILES string of the molecule is Oc1c(Br)cc(Cl)cc1C=Nc1ccc2oc(-c3cccc4c(Cl)cccc34)nc2c1. The quantitative estimate of drug-likeness (QED) is 0.248. The fraction of sp³-hybridized carbons (Fsp3) is 0. The molecule has 4 nitrogen and oxygen atoms in total. The fourth-order valence-corrected chi connectivity index (χ4v) is 4.47. The zero-order valence-electron chi connectivity index (χ0n) is 15.8. The number of phenolic OH excluding ortho intramolecular Hbond substituents is 1. The van der Waals surface area contributed by atoms with Gasteiger partial charge in [-0.25, -0.2) is 4.98 Å². The Labute approximate surface area is 195 Å². The second-order valence-electron chi connectivity index (χ2n) is 6.90. The van der Waals surface area contributed by atoms with Crippen LogP contribution in [0.3, 0.4) is 0 Å². The first-order valence-electron chi connectivity index (χ1n) is 9.30. The number of nitrogens with zero attached hydrogens (tertiary/aromatic N) is 2. The van der Waals surface area contributed by atoms with E-state index in [1.165, 1.54) is 0 Å². The van der Waals surface area contributed by atoms with Crippen molar-refractivity contribution in [2.75, 3.05) is 0 Å². The third-order valence-electron chi connectivity index (χ3n) is 4.88. The molecule has 0 fully saturated rings. The van der Waals surface area contributed by atoms with Crippen molar-refractivity contribution in [2.45, 2.75) is 0 Å². The fourth-order valence-electron chi connectivity index (χ4n) is 3.40. The molecule has 5 aromatic rings. The van der Waals surface area contributed by atoms with Crippen LogP contribution in [-0.2, 0) is 0 Å². The highest BCUT2D eigenvalue weighted by molar-refractivity contribution is 9.10. The summed E-state index contributed by atoms with van der Waals surface area (Å²) in [7, 11) is 0. The lowest BCUT2D eigenvalue weighted by Gasteiger charge is -2.04. The van der Waals surface area contributed by atoms with Crippen molar-refractivity contribution < 1.29 is 9.52 Å². The lowest BCUT2D eigenvalue weighted by atomic mass is 10.0. The summed E-state index contributed by atoms with van der Waals surface area (Å²) in [5.41, 5.74) is 3.38. The van der Waals surface area contributed by atoms with Gasteiger partial charge in [0, 0.05) is 32.8 Å². The van der Waals surface area contributed by atoms with Gasteiger partial charge in [-0.15, -0.1) is 0 Å². The molecule has 5 rings (SSSR count). The third kappa shape index (κ3) is 3.81. The molecule has 152 valence electrons. The normalized spacial score (nSPS) is 11.7. The molecule has 0 aliphatic rings. The van der Waals surface area contributed by atoms with Crippen LogP contribution in [0.15, 0.2) is 80.6 Å². The maximum absolute atomic E-state index is 10.2. The van der Waals surface area contributed by atoms with E-state index in [-0.39, 0.29) is 5.75 Å². The summed E-state index contributed by atoms with van der Waals surface area (Å²) in [5.74, 6) is 0.591. The highest BCUT2D eigenvalue weighted by Gasteiger charge is 2.13. The third-order valence-corrected chi connectivity index (χ3v) is 6.03. The topological polar surface area (TPSA) is 58.6 Å². The molecule has 0 unspecified atom stereocenters. The van der Waals surface area contributed by atoms with E-state index in [0.29, 0.717) is 42.8 Å². The Kier molecular flexibility index (Phi) is 5.18. The molecule has 0 spiro atoms. The molecule has 7 heteroatoms. The molecule has 1 aromatic heterocycles. The van der Waals surface area contributed by atoms with Gasteiger partial charge in [0.15, 0.2) is 5.58 Å². The number of rotatable bonds is 3. The standard InChI is InChI=1S/C24H13BrCl2N2O2/c25-19-10-14(26)9-13(23(19)30)12-28-15-7-8-22-21(11-15)29-24(31-22)18-5-1-4-17-16(18)3-2-6-20(17)27/h1-12,30H. The van der Waals surface area contributed by atoms with Gasteiger partial charge in [0.25, 0.3) is 0 Å². The van der Waals surface area contributed by atoms with Crippen molar-refractivity contribution in [2.24, 2.45) is 4.99 Å². The van der Waals surface area contributed by atoms with E-state index in [1.807, 2.05) is 54.6 Å². The minimum atomic E-state index is 0.0765. The molecule has 1 heterocycles. The molecule has 0 saturated heterocycles. The molecule has 0 saturated carbocycles. The van der Waals surface area contributed by atoms with Crippen LogP contribution in [0, 0.1) is 0 Å². The largest absolute Gasteiger partial charge is 0.506 e. The molecule has 0 amide bonds. The number of halogens is 3. The maximum atomic E-state index is 10.2. The monoisotopic (exact) mass is 510 g/mol. The first kappa shape index (κ1) is 20.1. The van der Waals surface area contributed by atoms with E-state index in [4.69, 9.17) is 27.6 Å². The smallest absolute Gasteiger partial charge is 0.227 e. The number of phenols is 1. The van der Waals surface area contributed by atoms with E-state index < -0.39 is 0 Å². The zero-order chi connectivity index (χ0) is 21.5. The zero-order valence-corrected chi connectivity index (χ0v) is 18.9. The predicted octanol–water partition coefficient (Wildman–Crippen LogP) is 8.17. The second kappa shape index (κ2) is 8.00. The van der Waals surface area contributed by atoms with Crippen LogP contribution in [0.4, 0.5) is 5.69 Å². The minimum Gasteiger partial charge on any atom is -0.506 e. The summed E-state index contributed by atoms with van der Waals surface area (Å²) < 4.78 is 6.51. The summed E-state index contributed by atoms with van der Waals surface area (Å²) in [6, 6.07) is 20.4. The lowest BCUT2D eigenvalue weighted by molar-refractivity contribution is 0.471. The van der Waals surface area contributed by atoms with Crippen LogP contribution in [0.2, 0.25) is 10.0 Å². The average Bonchev–Trinajstić information content (AvgIpc) is 3.18. The Morgan fingerprint density at radius 3 is 2.65 bits per heavy atom. The molecule has 0 aliphatic heterocycles. The van der Waals surface area contributed by atoms with Gasteiger partial charge >= 0.3 is 0 Å². The molecule has 1 N–H and O–H groups in total. The highest BCUT2D eigenvalue weighted by atomic mass is 79.9. The predicted molar refractivity (Wildman–Crippen MR) is 130 cm³/mol. The number of fused-ring (bicyclic) bond motifs is 2. The molecule has 0 aliphatic carbocycles. The number of oxazole rings is 1. The summed E-state index contributed by atoms with van der Waals surface area (Å²) in [6.45, 7) is 0. The Hall–Kier alpha value is -2.86. The van der Waals surface area contributed by atoms with Crippen molar-refractivity contribution >= 4 is 72.9 Å². The van der Waals surface area contributed by atoms with Gasteiger partial charge in [0.05, 0.1) is 10.2 Å². The van der Waals surface area contributed by atoms with E-state index in [1.54, 1.807) is 18.3 Å². The van der Waals surface area contributed by atoms with Gasteiger partial charge in [-0.1, -0.05) is 47.5 Å².